The van der Waals surface area contributed by atoms with Gasteiger partial charge >= 0.3 is 11.8 Å². The van der Waals surface area contributed by atoms with Gasteiger partial charge in [-0.2, -0.15) is 4.98 Å². The highest BCUT2D eigenvalue weighted by Crippen LogP contribution is 2.37. The van der Waals surface area contributed by atoms with Gasteiger partial charge in [0.1, 0.15) is 0 Å². The minimum Gasteiger partial charge on any atom is -0.356 e. The molecule has 2 amide bonds. The van der Waals surface area contributed by atoms with Crippen molar-refractivity contribution in [2.45, 2.75) is 44.7 Å². The quantitative estimate of drug-likeness (QED) is 0.467. The average Bonchev–Trinajstić information content (AvgIpc) is 3.54. The maximum absolute atomic E-state index is 11.3. The first kappa shape index (κ1) is 25.6. The zero-order valence-corrected chi connectivity index (χ0v) is 20.8. The molecule has 1 atom stereocenters. The molecule has 1 aliphatic carbocycles. The van der Waals surface area contributed by atoms with E-state index in [2.05, 4.69) is 70.1 Å². The van der Waals surface area contributed by atoms with Crippen molar-refractivity contribution >= 4 is 23.7 Å². The topological polar surface area (TPSA) is 100 Å². The third kappa shape index (κ3) is 6.98. The molecule has 34 heavy (non-hydrogen) atoms. The van der Waals surface area contributed by atoms with E-state index in [0.29, 0.717) is 30.4 Å². The number of amides is 2. The van der Waals surface area contributed by atoms with Gasteiger partial charge in [0, 0.05) is 18.6 Å². The van der Waals surface area contributed by atoms with Crippen LogP contribution < -0.4 is 10.6 Å². The molecule has 1 fully saturated rings. The van der Waals surface area contributed by atoms with Crippen LogP contribution in [0.4, 0.5) is 0 Å². The summed E-state index contributed by atoms with van der Waals surface area (Å²) in [6.07, 6.45) is 5.40. The predicted molar refractivity (Wildman–Crippen MR) is 133 cm³/mol. The molecule has 8 nitrogen and oxygen atoms in total. The van der Waals surface area contributed by atoms with Gasteiger partial charge in [-0.3, -0.25) is 9.59 Å². The van der Waals surface area contributed by atoms with Gasteiger partial charge in [0.25, 0.3) is 0 Å². The summed E-state index contributed by atoms with van der Waals surface area (Å²) < 4.78 is 4.84. The number of thiophene rings is 1. The van der Waals surface area contributed by atoms with Crippen LogP contribution in [0, 0.1) is 5.92 Å². The molecule has 3 aromatic rings. The van der Waals surface area contributed by atoms with Crippen LogP contribution in [-0.2, 0) is 4.79 Å². The Morgan fingerprint density at radius 2 is 1.91 bits per heavy atom. The lowest BCUT2D eigenvalue weighted by Gasteiger charge is -2.37. The van der Waals surface area contributed by atoms with Crippen LogP contribution in [0.1, 0.15) is 54.9 Å². The molecule has 182 valence electrons. The van der Waals surface area contributed by atoms with Crippen molar-refractivity contribution in [2.75, 3.05) is 20.6 Å². The maximum atomic E-state index is 11.3. The summed E-state index contributed by atoms with van der Waals surface area (Å²) in [6, 6.07) is 15.4. The fraction of sp³-hybridized carbons (Fsp3) is 0.440. The van der Waals surface area contributed by atoms with E-state index in [4.69, 9.17) is 4.52 Å². The number of nitrogens with zero attached hydrogens (tertiary/aromatic N) is 3. The van der Waals surface area contributed by atoms with Crippen LogP contribution in [0.5, 0.6) is 0 Å². The first-order valence-corrected chi connectivity index (χ1v) is 12.5. The molecule has 0 aliphatic heterocycles. The van der Waals surface area contributed by atoms with Gasteiger partial charge in [-0.1, -0.05) is 41.6 Å². The molecule has 1 aromatic carbocycles. The second kappa shape index (κ2) is 13.0. The van der Waals surface area contributed by atoms with Crippen molar-refractivity contribution in [3.8, 4) is 10.7 Å². The fourth-order valence-electron chi connectivity index (χ4n) is 4.40. The summed E-state index contributed by atoms with van der Waals surface area (Å²) >= 11 is 1.50. The van der Waals surface area contributed by atoms with E-state index in [9.17, 15) is 9.59 Å². The van der Waals surface area contributed by atoms with Crippen molar-refractivity contribution in [3.05, 3.63) is 59.3 Å². The number of hydrogen-bond acceptors (Lipinski definition) is 7. The number of carbonyl (C=O) groups excluding carboxylic acids is 2. The molecule has 9 heteroatoms. The smallest absolute Gasteiger partial charge is 0.316 e. The van der Waals surface area contributed by atoms with Gasteiger partial charge in [0.15, 0.2) is 0 Å². The zero-order valence-electron chi connectivity index (χ0n) is 19.9. The molecule has 2 aromatic heterocycles. The fourth-order valence-corrected chi connectivity index (χ4v) is 5.05. The molecule has 2 heterocycles. The lowest BCUT2D eigenvalue weighted by atomic mass is 9.79. The summed E-state index contributed by atoms with van der Waals surface area (Å²) in [6.45, 7) is 2.37. The van der Waals surface area contributed by atoms with Gasteiger partial charge in [-0.15, -0.1) is 11.3 Å². The molecule has 1 saturated carbocycles. The van der Waals surface area contributed by atoms with E-state index >= 15 is 0 Å². The van der Waals surface area contributed by atoms with Gasteiger partial charge < -0.3 is 20.1 Å². The van der Waals surface area contributed by atoms with Crippen LogP contribution in [0.15, 0.2) is 52.4 Å². The zero-order chi connectivity index (χ0) is 24.3. The van der Waals surface area contributed by atoms with E-state index in [1.807, 2.05) is 24.4 Å². The largest absolute Gasteiger partial charge is 0.356 e. The van der Waals surface area contributed by atoms with E-state index in [1.54, 1.807) is 0 Å². The van der Waals surface area contributed by atoms with Crippen LogP contribution in [0.3, 0.4) is 0 Å². The summed E-state index contributed by atoms with van der Waals surface area (Å²) in [4.78, 5) is 29.0. The third-order valence-electron chi connectivity index (χ3n) is 5.92. The molecule has 0 bridgehead atoms. The summed E-state index contributed by atoms with van der Waals surface area (Å²) in [5.41, 5.74) is 1.40. The van der Waals surface area contributed by atoms with Crippen molar-refractivity contribution in [3.63, 3.8) is 0 Å². The Hall–Kier alpha value is -3.04. The second-order valence-corrected chi connectivity index (χ2v) is 9.42. The molecule has 1 unspecified atom stereocenters. The Morgan fingerprint density at radius 1 is 1.18 bits per heavy atom. The van der Waals surface area contributed by atoms with Gasteiger partial charge in [0.05, 0.1) is 4.88 Å². The van der Waals surface area contributed by atoms with E-state index in [0.717, 1.165) is 24.1 Å². The number of hydrogen-bond donors (Lipinski definition) is 2. The van der Waals surface area contributed by atoms with Crippen molar-refractivity contribution in [1.82, 2.24) is 25.7 Å². The Kier molecular flexibility index (Phi) is 9.78. The number of benzene rings is 1. The van der Waals surface area contributed by atoms with E-state index in [-0.39, 0.29) is 11.8 Å². The molecule has 1 aliphatic rings. The van der Waals surface area contributed by atoms with Crippen LogP contribution in [0.25, 0.3) is 10.7 Å². The average molecular weight is 484 g/mol. The highest BCUT2D eigenvalue weighted by atomic mass is 32.1. The molecule has 0 radical (unpaired) electrons. The van der Waals surface area contributed by atoms with Gasteiger partial charge in [0.2, 0.25) is 12.2 Å². The molecule has 2 N–H and O–H groups in total. The Labute approximate surface area is 204 Å². The van der Waals surface area contributed by atoms with Gasteiger partial charge in [-0.25, -0.2) is 0 Å². The summed E-state index contributed by atoms with van der Waals surface area (Å²) in [5.74, 6) is 0.793. The molecule has 0 saturated heterocycles. The summed E-state index contributed by atoms with van der Waals surface area (Å²) in [5, 5.41) is 11.1. The monoisotopic (exact) mass is 483 g/mol. The lowest BCUT2D eigenvalue weighted by molar-refractivity contribution is -0.110. The summed E-state index contributed by atoms with van der Waals surface area (Å²) in [7, 11) is 4.32. The van der Waals surface area contributed by atoms with Crippen LogP contribution >= 0.6 is 11.3 Å². The SMILES string of the molecule is CCNC(=O)c1nc(-c2cccs2)no1.CN(C)C(c1ccccc1)C1CCC(NC=O)CC1. The van der Waals surface area contributed by atoms with Crippen LogP contribution in [0.2, 0.25) is 0 Å². The minimum atomic E-state index is -0.340. The minimum absolute atomic E-state index is 0.000231. The number of rotatable bonds is 8. The molecular weight excluding hydrogens is 450 g/mol. The molecule has 4 rings (SSSR count). The Morgan fingerprint density at radius 3 is 2.50 bits per heavy atom. The standard InChI is InChI=1S/C16H24N2O.C9H9N3O2S/c1-18(2)16(13-6-4-3-5-7-13)14-8-10-15(11-9-14)17-12-19;1-2-10-8(13)9-11-7(12-14-9)6-4-3-5-15-6/h3-7,12,14-16H,8-11H2,1-2H3,(H,17,19);3-5H,2H2,1H3,(H,10,13). The Balaban J connectivity index is 0.000000196. The number of nitrogens with one attached hydrogen (secondary N) is 2. The van der Waals surface area contributed by atoms with E-state index < -0.39 is 0 Å². The third-order valence-corrected chi connectivity index (χ3v) is 6.78. The maximum Gasteiger partial charge on any atom is 0.316 e. The first-order valence-electron chi connectivity index (χ1n) is 11.6. The Bertz CT molecular complexity index is 999. The highest BCUT2D eigenvalue weighted by Gasteiger charge is 2.29. The van der Waals surface area contributed by atoms with Crippen LogP contribution in [-0.4, -0.2) is 54.0 Å². The van der Waals surface area contributed by atoms with E-state index in [1.165, 1.54) is 29.7 Å². The normalized spacial score (nSPS) is 18.5. The number of carbonyl (C=O) groups is 2. The molecular formula is C25H33N5O3S. The van der Waals surface area contributed by atoms with Crippen molar-refractivity contribution in [1.29, 1.82) is 0 Å². The lowest BCUT2D eigenvalue weighted by Crippen LogP contribution is -2.36. The highest BCUT2D eigenvalue weighted by molar-refractivity contribution is 7.13. The predicted octanol–water partition coefficient (Wildman–Crippen LogP) is 4.14. The van der Waals surface area contributed by atoms with Crippen molar-refractivity contribution in [2.24, 2.45) is 5.92 Å². The molecule has 0 spiro atoms. The van der Waals surface area contributed by atoms with Gasteiger partial charge in [-0.05, 0) is 69.6 Å². The number of aromatic nitrogens is 2. The first-order chi connectivity index (χ1) is 16.5. The van der Waals surface area contributed by atoms with Crippen molar-refractivity contribution < 1.29 is 14.1 Å². The second-order valence-electron chi connectivity index (χ2n) is 8.48.